The van der Waals surface area contributed by atoms with Crippen molar-refractivity contribution in [2.24, 2.45) is 34.5 Å². The third-order valence-electron chi connectivity index (χ3n) is 13.5. The third kappa shape index (κ3) is 1.99. The topological polar surface area (TPSA) is 112 Å². The minimum absolute atomic E-state index is 0.0000541. The van der Waals surface area contributed by atoms with Crippen LogP contribution in [0.1, 0.15) is 72.6 Å². The Morgan fingerprint density at radius 2 is 1.80 bits per heavy atom. The molecule has 7 nitrogen and oxygen atoms in total. The molecule has 7 heteroatoms. The highest BCUT2D eigenvalue weighted by atomic mass is 16.7. The van der Waals surface area contributed by atoms with Gasteiger partial charge in [-0.15, -0.1) is 0 Å². The Morgan fingerprint density at radius 3 is 2.54 bits per heavy atom. The Balaban J connectivity index is 1.16. The van der Waals surface area contributed by atoms with Crippen molar-refractivity contribution in [3.63, 3.8) is 0 Å². The Bertz CT molecular complexity index is 1090. The van der Waals surface area contributed by atoms with Crippen LogP contribution in [-0.4, -0.2) is 67.6 Å². The third-order valence-corrected chi connectivity index (χ3v) is 13.5. The maximum absolute atomic E-state index is 13.4. The molecule has 0 aromatic heterocycles. The van der Waals surface area contributed by atoms with Crippen molar-refractivity contribution in [3.8, 4) is 0 Å². The zero-order valence-corrected chi connectivity index (χ0v) is 21.1. The molecule has 7 fully saturated rings. The van der Waals surface area contributed by atoms with E-state index in [-0.39, 0.29) is 41.7 Å². The van der Waals surface area contributed by atoms with Gasteiger partial charge in [0, 0.05) is 17.8 Å². The lowest BCUT2D eigenvalue weighted by atomic mass is 9.40. The molecule has 0 amide bonds. The summed E-state index contributed by atoms with van der Waals surface area (Å²) in [5.74, 6) is -0.123. The van der Waals surface area contributed by atoms with Crippen LogP contribution in [0.4, 0.5) is 0 Å². The van der Waals surface area contributed by atoms with Crippen molar-refractivity contribution in [2.75, 3.05) is 0 Å². The van der Waals surface area contributed by atoms with Crippen LogP contribution in [-0.2, 0) is 19.0 Å². The highest BCUT2D eigenvalue weighted by Gasteiger charge is 2.85. The van der Waals surface area contributed by atoms with Gasteiger partial charge in [-0.05, 0) is 83.1 Å². The molecule has 1 spiro atoms. The fourth-order valence-electron chi connectivity index (χ4n) is 11.2. The lowest BCUT2D eigenvalue weighted by molar-refractivity contribution is -0.284. The quantitative estimate of drug-likeness (QED) is 0.488. The Labute approximate surface area is 206 Å². The van der Waals surface area contributed by atoms with Gasteiger partial charge >= 0.3 is 0 Å². The smallest absolute Gasteiger partial charge is 0.186 e. The second-order valence-corrected chi connectivity index (χ2v) is 14.2. The average molecular weight is 487 g/mol. The van der Waals surface area contributed by atoms with Crippen LogP contribution in [0.25, 0.3) is 0 Å². The van der Waals surface area contributed by atoms with Crippen molar-refractivity contribution in [2.45, 2.75) is 119 Å². The van der Waals surface area contributed by atoms with Gasteiger partial charge in [0.1, 0.15) is 16.8 Å². The lowest BCUT2D eigenvalue weighted by Gasteiger charge is -2.65. The van der Waals surface area contributed by atoms with Crippen LogP contribution in [0.15, 0.2) is 12.2 Å². The SMILES string of the molecule is CC12CC(C3CC4CC3(O)C3(C)CCC5C(CC6OC67CC=CC(=O)C57C)C43O)OC(O)C1(C)O2. The van der Waals surface area contributed by atoms with Gasteiger partial charge in [0.05, 0.1) is 28.8 Å². The number of fused-ring (bicyclic) bond motifs is 9. The summed E-state index contributed by atoms with van der Waals surface area (Å²) in [5, 5.41) is 35.9. The fourth-order valence-corrected chi connectivity index (χ4v) is 11.2. The summed E-state index contributed by atoms with van der Waals surface area (Å²) in [6.45, 7) is 8.06. The van der Waals surface area contributed by atoms with Crippen LogP contribution in [0.3, 0.4) is 0 Å². The molecule has 3 heterocycles. The summed E-state index contributed by atoms with van der Waals surface area (Å²) in [7, 11) is 0. The van der Waals surface area contributed by atoms with Crippen molar-refractivity contribution < 1.29 is 34.3 Å². The molecule has 3 saturated heterocycles. The number of rotatable bonds is 1. The first-order valence-corrected chi connectivity index (χ1v) is 13.7. The molecule has 4 saturated carbocycles. The zero-order valence-electron chi connectivity index (χ0n) is 21.1. The standard InChI is InChI=1S/C28H38O7/c1-22-9-7-15-16(11-20-27(34-20)8-5-6-19(29)24(15,27)3)28(22,32)14-10-17(26(22,31)12-14)18-13-23(2)25(4,35-23)21(30)33-18/h5-6,14-18,20-21,30-32H,7-13H2,1-4H3. The zero-order chi connectivity index (χ0) is 24.6. The minimum atomic E-state index is -1.09. The highest BCUT2D eigenvalue weighted by Crippen LogP contribution is 2.79. The minimum Gasteiger partial charge on any atom is -0.389 e. The first-order valence-electron chi connectivity index (χ1n) is 13.7. The number of hydrogen-bond acceptors (Lipinski definition) is 7. The van der Waals surface area contributed by atoms with Crippen molar-refractivity contribution in [3.05, 3.63) is 12.2 Å². The molecule has 192 valence electrons. The van der Waals surface area contributed by atoms with Gasteiger partial charge in [0.15, 0.2) is 12.1 Å². The number of hydrogen-bond donors (Lipinski definition) is 3. The van der Waals surface area contributed by atoms with Gasteiger partial charge < -0.3 is 29.5 Å². The number of ketones is 1. The van der Waals surface area contributed by atoms with Gasteiger partial charge in [-0.3, -0.25) is 4.79 Å². The predicted molar refractivity (Wildman–Crippen MR) is 123 cm³/mol. The van der Waals surface area contributed by atoms with E-state index in [1.165, 1.54) is 0 Å². The number of epoxide rings is 2. The van der Waals surface area contributed by atoms with Crippen LogP contribution in [0, 0.1) is 34.5 Å². The Kier molecular flexibility index (Phi) is 3.65. The molecule has 0 aromatic carbocycles. The van der Waals surface area contributed by atoms with E-state index in [1.807, 2.05) is 19.9 Å². The van der Waals surface area contributed by atoms with E-state index >= 15 is 0 Å². The second kappa shape index (κ2) is 5.76. The molecule has 3 N–H and O–H groups in total. The largest absolute Gasteiger partial charge is 0.389 e. The van der Waals surface area contributed by atoms with Gasteiger partial charge in [0.25, 0.3) is 0 Å². The fraction of sp³-hybridized carbons (Fsp3) is 0.893. The van der Waals surface area contributed by atoms with Crippen molar-refractivity contribution in [1.29, 1.82) is 0 Å². The maximum atomic E-state index is 13.4. The molecule has 0 radical (unpaired) electrons. The molecular formula is C28H38O7. The molecule has 2 bridgehead atoms. The van der Waals surface area contributed by atoms with Gasteiger partial charge in [-0.1, -0.05) is 13.0 Å². The number of allylic oxidation sites excluding steroid dienone is 1. The van der Waals surface area contributed by atoms with Gasteiger partial charge in [-0.25, -0.2) is 0 Å². The summed E-state index contributed by atoms with van der Waals surface area (Å²) in [5.41, 5.74) is -4.98. The Morgan fingerprint density at radius 1 is 1.03 bits per heavy atom. The summed E-state index contributed by atoms with van der Waals surface area (Å²) >= 11 is 0. The number of carbonyl (C=O) groups is 1. The summed E-state index contributed by atoms with van der Waals surface area (Å²) in [6, 6.07) is 0. The number of ether oxygens (including phenoxy) is 3. The second-order valence-electron chi connectivity index (χ2n) is 14.2. The summed E-state index contributed by atoms with van der Waals surface area (Å²) < 4.78 is 18.4. The summed E-state index contributed by atoms with van der Waals surface area (Å²) in [6.07, 6.45) is 7.21. The van der Waals surface area contributed by atoms with E-state index < -0.39 is 45.1 Å². The first-order chi connectivity index (χ1) is 16.3. The van der Waals surface area contributed by atoms with E-state index in [1.54, 1.807) is 6.08 Å². The molecule has 8 rings (SSSR count). The number of carbonyl (C=O) groups excluding carboxylic acids is 1. The predicted octanol–water partition coefficient (Wildman–Crippen LogP) is 2.25. The van der Waals surface area contributed by atoms with E-state index in [4.69, 9.17) is 14.2 Å². The molecule has 14 atom stereocenters. The maximum Gasteiger partial charge on any atom is 0.186 e. The van der Waals surface area contributed by atoms with E-state index in [9.17, 15) is 20.1 Å². The lowest BCUT2D eigenvalue weighted by Crippen LogP contribution is -2.72. The number of aliphatic hydroxyl groups excluding tert-OH is 1. The first kappa shape index (κ1) is 22.2. The van der Waals surface area contributed by atoms with Crippen LogP contribution in [0.5, 0.6) is 0 Å². The van der Waals surface area contributed by atoms with Gasteiger partial charge in [0.2, 0.25) is 0 Å². The van der Waals surface area contributed by atoms with Crippen LogP contribution < -0.4 is 0 Å². The normalized spacial score (nSPS) is 69.5. The van der Waals surface area contributed by atoms with Crippen LogP contribution in [0.2, 0.25) is 0 Å². The van der Waals surface area contributed by atoms with E-state index in [2.05, 4.69) is 13.8 Å². The van der Waals surface area contributed by atoms with Gasteiger partial charge in [-0.2, -0.15) is 0 Å². The molecule has 8 aliphatic rings. The summed E-state index contributed by atoms with van der Waals surface area (Å²) in [4.78, 5) is 13.4. The van der Waals surface area contributed by atoms with Crippen molar-refractivity contribution >= 4 is 5.78 Å². The molecule has 3 aliphatic heterocycles. The molecule has 14 unspecified atom stereocenters. The molecule has 5 aliphatic carbocycles. The highest BCUT2D eigenvalue weighted by molar-refractivity contribution is 5.97. The van der Waals surface area contributed by atoms with E-state index in [0.29, 0.717) is 25.7 Å². The Hall–Kier alpha value is -0.830. The number of aliphatic hydroxyl groups is 3. The van der Waals surface area contributed by atoms with E-state index in [0.717, 1.165) is 19.3 Å². The molecule has 0 aromatic rings. The average Bonchev–Trinajstić information content (AvgIpc) is 3.57. The molecular weight excluding hydrogens is 448 g/mol. The van der Waals surface area contributed by atoms with Crippen molar-refractivity contribution in [1.82, 2.24) is 0 Å². The van der Waals surface area contributed by atoms with Crippen LogP contribution >= 0.6 is 0 Å². The molecule has 35 heavy (non-hydrogen) atoms. The monoisotopic (exact) mass is 486 g/mol.